The Morgan fingerprint density at radius 2 is 1.88 bits per heavy atom. The second-order valence-corrected chi connectivity index (χ2v) is 3.81. The second kappa shape index (κ2) is 3.58. The molecule has 1 amide bonds. The molecule has 0 aliphatic carbocycles. The van der Waals surface area contributed by atoms with Gasteiger partial charge in [-0.2, -0.15) is 13.2 Å². The second-order valence-electron chi connectivity index (χ2n) is 3.81. The number of ketones is 1. The maximum atomic E-state index is 12.3. The number of para-hydroxylation sites is 1. The van der Waals surface area contributed by atoms with Crippen LogP contribution in [0.2, 0.25) is 0 Å². The number of benzene rings is 1. The van der Waals surface area contributed by atoms with E-state index in [9.17, 15) is 22.8 Å². The molecule has 0 bridgehead atoms. The van der Waals surface area contributed by atoms with Gasteiger partial charge in [0.05, 0.1) is 11.3 Å². The predicted molar refractivity (Wildman–Crippen MR) is 53.9 cm³/mol. The maximum Gasteiger partial charge on any atom is 0.406 e. The Bertz CT molecular complexity index is 508. The molecule has 0 saturated carbocycles. The zero-order valence-electron chi connectivity index (χ0n) is 8.84. The van der Waals surface area contributed by atoms with Crippen LogP contribution in [0.25, 0.3) is 0 Å². The Morgan fingerprint density at radius 3 is 2.47 bits per heavy atom. The van der Waals surface area contributed by atoms with Crippen molar-refractivity contribution in [1.29, 1.82) is 0 Å². The first-order chi connectivity index (χ1) is 7.81. The van der Waals surface area contributed by atoms with E-state index in [-0.39, 0.29) is 11.3 Å². The number of rotatable bonds is 1. The lowest BCUT2D eigenvalue weighted by Crippen LogP contribution is -2.38. The van der Waals surface area contributed by atoms with E-state index in [1.165, 1.54) is 12.1 Å². The molecule has 1 aliphatic heterocycles. The van der Waals surface area contributed by atoms with E-state index in [0.717, 1.165) is 0 Å². The number of Topliss-reactive ketones (excluding diaryl/α,β-unsaturated/α-hetero) is 1. The van der Waals surface area contributed by atoms with Crippen molar-refractivity contribution in [3.8, 4) is 0 Å². The number of anilines is 1. The number of hydrogen-bond acceptors (Lipinski definition) is 2. The van der Waals surface area contributed by atoms with Gasteiger partial charge in [0.15, 0.2) is 0 Å². The molecule has 2 rings (SSSR count). The summed E-state index contributed by atoms with van der Waals surface area (Å²) in [5.74, 6) is -2.00. The number of carbonyl (C=O) groups is 2. The molecule has 1 aromatic rings. The average molecular weight is 243 g/mol. The summed E-state index contributed by atoms with van der Waals surface area (Å²) in [4.78, 5) is 23.4. The van der Waals surface area contributed by atoms with Gasteiger partial charge < -0.3 is 0 Å². The summed E-state index contributed by atoms with van der Waals surface area (Å²) in [5.41, 5.74) is 0.588. The van der Waals surface area contributed by atoms with E-state index in [0.29, 0.717) is 10.5 Å². The van der Waals surface area contributed by atoms with Gasteiger partial charge >= 0.3 is 6.18 Å². The fraction of sp³-hybridized carbons (Fsp3) is 0.273. The van der Waals surface area contributed by atoms with Crippen molar-refractivity contribution in [3.63, 3.8) is 0 Å². The number of hydrogen-bond donors (Lipinski definition) is 0. The number of carbonyl (C=O) groups excluding carboxylic acids is 2. The van der Waals surface area contributed by atoms with Crippen LogP contribution < -0.4 is 4.90 Å². The zero-order chi connectivity index (χ0) is 12.8. The Hall–Kier alpha value is -1.85. The lowest BCUT2D eigenvalue weighted by molar-refractivity contribution is -0.129. The summed E-state index contributed by atoms with van der Waals surface area (Å²) in [6, 6.07) is 4.46. The van der Waals surface area contributed by atoms with Gasteiger partial charge in [0.25, 0.3) is 11.7 Å². The molecule has 90 valence electrons. The fourth-order valence-corrected chi connectivity index (χ4v) is 1.87. The lowest BCUT2D eigenvalue weighted by Gasteiger charge is -2.19. The van der Waals surface area contributed by atoms with Crippen molar-refractivity contribution in [3.05, 3.63) is 29.3 Å². The molecule has 1 heterocycles. The van der Waals surface area contributed by atoms with E-state index in [1.54, 1.807) is 13.0 Å². The number of alkyl halides is 3. The summed E-state index contributed by atoms with van der Waals surface area (Å²) in [6.45, 7) is 0.128. The third-order valence-electron chi connectivity index (χ3n) is 2.53. The Kier molecular flexibility index (Phi) is 2.45. The molecule has 0 spiro atoms. The third kappa shape index (κ3) is 1.90. The zero-order valence-corrected chi connectivity index (χ0v) is 8.84. The summed E-state index contributed by atoms with van der Waals surface area (Å²) < 4.78 is 37.0. The number of halogens is 3. The molecule has 1 aromatic carbocycles. The van der Waals surface area contributed by atoms with Gasteiger partial charge in [-0.3, -0.25) is 14.5 Å². The van der Waals surface area contributed by atoms with Crippen molar-refractivity contribution in [2.24, 2.45) is 0 Å². The van der Waals surface area contributed by atoms with Crippen LogP contribution in [0.4, 0.5) is 18.9 Å². The minimum Gasteiger partial charge on any atom is -0.295 e. The van der Waals surface area contributed by atoms with Crippen molar-refractivity contribution >= 4 is 17.4 Å². The highest BCUT2D eigenvalue weighted by Crippen LogP contribution is 2.34. The van der Waals surface area contributed by atoms with E-state index in [2.05, 4.69) is 0 Å². The highest BCUT2D eigenvalue weighted by atomic mass is 19.4. The van der Waals surface area contributed by atoms with Gasteiger partial charge in [-0.15, -0.1) is 0 Å². The molecule has 3 nitrogen and oxygen atoms in total. The molecule has 0 saturated heterocycles. The van der Waals surface area contributed by atoms with Crippen molar-refractivity contribution in [2.75, 3.05) is 11.4 Å². The summed E-state index contributed by atoms with van der Waals surface area (Å²) in [6.07, 6.45) is -4.53. The molecular weight excluding hydrogens is 235 g/mol. The normalized spacial score (nSPS) is 15.4. The molecule has 0 radical (unpaired) electrons. The Balaban J connectivity index is 2.51. The Labute approximate surface area is 94.8 Å². The first kappa shape index (κ1) is 11.6. The first-order valence-corrected chi connectivity index (χ1v) is 4.84. The minimum absolute atomic E-state index is 0.0410. The van der Waals surface area contributed by atoms with Crippen LogP contribution in [0, 0.1) is 6.92 Å². The van der Waals surface area contributed by atoms with Gasteiger partial charge in [-0.1, -0.05) is 12.1 Å². The summed E-state index contributed by atoms with van der Waals surface area (Å²) in [5, 5.41) is 0. The van der Waals surface area contributed by atoms with E-state index in [1.807, 2.05) is 0 Å². The van der Waals surface area contributed by atoms with E-state index >= 15 is 0 Å². The highest BCUT2D eigenvalue weighted by Gasteiger charge is 2.42. The minimum atomic E-state index is -4.53. The van der Waals surface area contributed by atoms with Crippen molar-refractivity contribution < 1.29 is 22.8 Å². The van der Waals surface area contributed by atoms with Crippen LogP contribution in [0.1, 0.15) is 15.9 Å². The third-order valence-corrected chi connectivity index (χ3v) is 2.53. The lowest BCUT2D eigenvalue weighted by atomic mass is 10.1. The monoisotopic (exact) mass is 243 g/mol. The summed E-state index contributed by atoms with van der Waals surface area (Å²) >= 11 is 0. The van der Waals surface area contributed by atoms with E-state index in [4.69, 9.17) is 0 Å². The SMILES string of the molecule is Cc1cccc2c1N(CC(F)(F)F)C(=O)C2=O. The molecular formula is C11H8F3NO2. The standard InChI is InChI=1S/C11H8F3NO2/c1-6-3-2-4-7-8(6)15(5-11(12,13)14)10(17)9(7)16/h2-4H,5H2,1H3. The number of amides is 1. The average Bonchev–Trinajstić information content (AvgIpc) is 2.43. The molecule has 1 aliphatic rings. The predicted octanol–water partition coefficient (Wildman–Crippen LogP) is 2.09. The molecule has 17 heavy (non-hydrogen) atoms. The molecule has 0 unspecified atom stereocenters. The number of nitrogens with zero attached hydrogens (tertiary/aromatic N) is 1. The molecule has 0 N–H and O–H groups in total. The van der Waals surface area contributed by atoms with Crippen LogP contribution in [-0.2, 0) is 4.79 Å². The van der Waals surface area contributed by atoms with Gasteiger partial charge in [-0.25, -0.2) is 0 Å². The van der Waals surface area contributed by atoms with Crippen LogP contribution >= 0.6 is 0 Å². The van der Waals surface area contributed by atoms with Crippen LogP contribution in [-0.4, -0.2) is 24.4 Å². The first-order valence-electron chi connectivity index (χ1n) is 4.84. The molecule has 0 aromatic heterocycles. The molecule has 0 atom stereocenters. The van der Waals surface area contributed by atoms with Crippen LogP contribution in [0.5, 0.6) is 0 Å². The molecule has 0 fully saturated rings. The summed E-state index contributed by atoms with van der Waals surface area (Å²) in [7, 11) is 0. The smallest absolute Gasteiger partial charge is 0.295 e. The van der Waals surface area contributed by atoms with Crippen LogP contribution in [0.15, 0.2) is 18.2 Å². The van der Waals surface area contributed by atoms with Crippen LogP contribution in [0.3, 0.4) is 0 Å². The fourth-order valence-electron chi connectivity index (χ4n) is 1.87. The van der Waals surface area contributed by atoms with Crippen molar-refractivity contribution in [1.82, 2.24) is 0 Å². The quantitative estimate of drug-likeness (QED) is 0.708. The van der Waals surface area contributed by atoms with Crippen molar-refractivity contribution in [2.45, 2.75) is 13.1 Å². The van der Waals surface area contributed by atoms with E-state index < -0.39 is 24.4 Å². The van der Waals surface area contributed by atoms with Gasteiger partial charge in [0.1, 0.15) is 6.54 Å². The molecule has 6 heteroatoms. The largest absolute Gasteiger partial charge is 0.406 e. The van der Waals surface area contributed by atoms with Gasteiger partial charge in [0, 0.05) is 0 Å². The van der Waals surface area contributed by atoms with Gasteiger partial charge in [-0.05, 0) is 18.6 Å². The highest BCUT2D eigenvalue weighted by molar-refractivity contribution is 6.52. The van der Waals surface area contributed by atoms with Gasteiger partial charge in [0.2, 0.25) is 0 Å². The number of aryl methyl sites for hydroxylation is 1. The maximum absolute atomic E-state index is 12.3. The number of fused-ring (bicyclic) bond motifs is 1. The Morgan fingerprint density at radius 1 is 1.24 bits per heavy atom. The topological polar surface area (TPSA) is 37.4 Å².